The molecule has 0 spiro atoms. The highest BCUT2D eigenvalue weighted by Gasteiger charge is 2.29. The number of halogens is 1. The van der Waals surface area contributed by atoms with Crippen LogP contribution in [0.3, 0.4) is 0 Å². The van der Waals surface area contributed by atoms with E-state index < -0.39 is 0 Å². The third-order valence-electron chi connectivity index (χ3n) is 6.78. The first-order valence-corrected chi connectivity index (χ1v) is 11.8. The number of nitrogens with zero attached hydrogens (tertiary/aromatic N) is 2. The normalized spacial score (nSPS) is 17.4. The number of ether oxygens (including phenoxy) is 2. The molecule has 5 heteroatoms. The average molecular weight is 465 g/mol. The highest BCUT2D eigenvalue weighted by atomic mass is 35.5. The maximum absolute atomic E-state index is 6.16. The summed E-state index contributed by atoms with van der Waals surface area (Å²) >= 11 is 0. The average Bonchev–Trinajstić information content (AvgIpc) is 3.22. The lowest BCUT2D eigenvalue weighted by Gasteiger charge is -2.32. The van der Waals surface area contributed by atoms with Gasteiger partial charge in [0.25, 0.3) is 0 Å². The molecule has 3 aromatic rings. The second-order valence-corrected chi connectivity index (χ2v) is 8.78. The molecule has 0 amide bonds. The number of methoxy groups -OCH3 is 1. The summed E-state index contributed by atoms with van der Waals surface area (Å²) < 4.78 is 11.4. The van der Waals surface area contributed by atoms with E-state index in [-0.39, 0.29) is 12.4 Å². The highest BCUT2D eigenvalue weighted by molar-refractivity contribution is 5.85. The smallest absolute Gasteiger partial charge is 0.143 e. The Morgan fingerprint density at radius 2 is 1.70 bits per heavy atom. The number of fused-ring (bicyclic) bond motifs is 2. The van der Waals surface area contributed by atoms with E-state index in [2.05, 4.69) is 82.6 Å². The molecule has 174 valence electrons. The Morgan fingerprint density at radius 1 is 0.939 bits per heavy atom. The van der Waals surface area contributed by atoms with Crippen molar-refractivity contribution in [2.45, 2.75) is 38.3 Å². The Kier molecular flexibility index (Phi) is 7.79. The molecule has 2 heterocycles. The van der Waals surface area contributed by atoms with Gasteiger partial charge in [0.1, 0.15) is 18.1 Å². The van der Waals surface area contributed by atoms with Gasteiger partial charge < -0.3 is 14.4 Å². The Balaban J connectivity index is 0.00000259. The van der Waals surface area contributed by atoms with Crippen molar-refractivity contribution in [3.63, 3.8) is 0 Å². The lowest BCUT2D eigenvalue weighted by atomic mass is 10.1. The molecule has 1 fully saturated rings. The molecule has 3 aromatic carbocycles. The van der Waals surface area contributed by atoms with Crippen LogP contribution in [-0.2, 0) is 13.0 Å². The molecule has 33 heavy (non-hydrogen) atoms. The minimum Gasteiger partial charge on any atom is -0.497 e. The summed E-state index contributed by atoms with van der Waals surface area (Å²) in [4.78, 5) is 5.19. The largest absolute Gasteiger partial charge is 0.497 e. The summed E-state index contributed by atoms with van der Waals surface area (Å²) in [5, 5.41) is 0. The maximum atomic E-state index is 6.16. The first kappa shape index (κ1) is 23.5. The van der Waals surface area contributed by atoms with Gasteiger partial charge in [-0.3, -0.25) is 4.90 Å². The first-order valence-electron chi connectivity index (χ1n) is 11.8. The quantitative estimate of drug-likeness (QED) is 0.413. The number of rotatable bonds is 7. The van der Waals surface area contributed by atoms with Gasteiger partial charge in [-0.2, -0.15) is 0 Å². The molecule has 0 radical (unpaired) electrons. The van der Waals surface area contributed by atoms with Crippen LogP contribution >= 0.6 is 12.4 Å². The minimum atomic E-state index is 0. The van der Waals surface area contributed by atoms with Crippen molar-refractivity contribution in [3.05, 3.63) is 83.9 Å². The number of likely N-dealkylation sites (tertiary alicyclic amines) is 1. The lowest BCUT2D eigenvalue weighted by Crippen LogP contribution is -2.39. The zero-order chi connectivity index (χ0) is 21.8. The van der Waals surface area contributed by atoms with Crippen molar-refractivity contribution in [2.75, 3.05) is 31.6 Å². The minimum absolute atomic E-state index is 0. The summed E-state index contributed by atoms with van der Waals surface area (Å²) in [5.74, 6) is 1.91. The fourth-order valence-electron chi connectivity index (χ4n) is 5.07. The summed E-state index contributed by atoms with van der Waals surface area (Å²) in [6.45, 7) is 3.96. The Hall–Kier alpha value is -2.69. The molecule has 0 unspecified atom stereocenters. The van der Waals surface area contributed by atoms with Gasteiger partial charge in [0, 0.05) is 23.8 Å². The van der Waals surface area contributed by atoms with E-state index >= 15 is 0 Å². The SMILES string of the molecule is COc1ccc(CCCN2CCC[C@@H]2CN2c3ccccc3COc3ccccc32)cc1.Cl. The van der Waals surface area contributed by atoms with Gasteiger partial charge in [-0.25, -0.2) is 0 Å². The molecule has 0 aliphatic carbocycles. The molecule has 0 N–H and O–H groups in total. The highest BCUT2D eigenvalue weighted by Crippen LogP contribution is 2.40. The Morgan fingerprint density at radius 3 is 2.52 bits per heavy atom. The molecular weight excluding hydrogens is 432 g/mol. The number of para-hydroxylation sites is 3. The van der Waals surface area contributed by atoms with Gasteiger partial charge in [0.05, 0.1) is 12.8 Å². The third kappa shape index (κ3) is 5.29. The summed E-state index contributed by atoms with van der Waals surface area (Å²) in [6.07, 6.45) is 4.82. The van der Waals surface area contributed by atoms with E-state index in [0.717, 1.165) is 31.0 Å². The van der Waals surface area contributed by atoms with Crippen molar-refractivity contribution in [1.29, 1.82) is 0 Å². The molecular formula is C28H33ClN2O2. The Labute approximate surface area is 203 Å². The van der Waals surface area contributed by atoms with Crippen molar-refractivity contribution in [3.8, 4) is 11.5 Å². The molecule has 0 saturated carbocycles. The molecule has 1 atom stereocenters. The van der Waals surface area contributed by atoms with E-state index in [9.17, 15) is 0 Å². The van der Waals surface area contributed by atoms with Gasteiger partial charge >= 0.3 is 0 Å². The van der Waals surface area contributed by atoms with Crippen LogP contribution in [0.1, 0.15) is 30.4 Å². The number of anilines is 2. The fourth-order valence-corrected chi connectivity index (χ4v) is 5.07. The number of hydrogen-bond donors (Lipinski definition) is 0. The molecule has 0 bridgehead atoms. The van der Waals surface area contributed by atoms with Crippen molar-refractivity contribution in [1.82, 2.24) is 4.90 Å². The Bertz CT molecular complexity index is 993. The molecule has 2 aliphatic rings. The van der Waals surface area contributed by atoms with E-state index in [1.807, 2.05) is 0 Å². The van der Waals surface area contributed by atoms with E-state index in [4.69, 9.17) is 9.47 Å². The molecule has 5 rings (SSSR count). The second-order valence-electron chi connectivity index (χ2n) is 8.78. The lowest BCUT2D eigenvalue weighted by molar-refractivity contribution is 0.255. The van der Waals surface area contributed by atoms with Crippen LogP contribution in [0.25, 0.3) is 0 Å². The monoisotopic (exact) mass is 464 g/mol. The second kappa shape index (κ2) is 11.0. The predicted octanol–water partition coefficient (Wildman–Crippen LogP) is 6.24. The zero-order valence-corrected chi connectivity index (χ0v) is 20.1. The fraction of sp³-hybridized carbons (Fsp3) is 0.357. The number of hydrogen-bond acceptors (Lipinski definition) is 4. The van der Waals surface area contributed by atoms with Crippen molar-refractivity contribution in [2.24, 2.45) is 0 Å². The van der Waals surface area contributed by atoms with Gasteiger partial charge in [0.15, 0.2) is 0 Å². The number of aryl methyl sites for hydroxylation is 1. The topological polar surface area (TPSA) is 24.9 Å². The van der Waals surface area contributed by atoms with Crippen LogP contribution in [0.15, 0.2) is 72.8 Å². The van der Waals surface area contributed by atoms with Crippen LogP contribution in [0.2, 0.25) is 0 Å². The van der Waals surface area contributed by atoms with Gasteiger partial charge in [0.2, 0.25) is 0 Å². The molecule has 0 aromatic heterocycles. The van der Waals surface area contributed by atoms with Crippen LogP contribution in [-0.4, -0.2) is 37.7 Å². The van der Waals surface area contributed by atoms with Crippen LogP contribution in [0.4, 0.5) is 11.4 Å². The molecule has 1 saturated heterocycles. The third-order valence-corrected chi connectivity index (χ3v) is 6.78. The van der Waals surface area contributed by atoms with Gasteiger partial charge in [-0.1, -0.05) is 42.5 Å². The molecule has 2 aliphatic heterocycles. The number of benzene rings is 3. The summed E-state index contributed by atoms with van der Waals surface area (Å²) in [7, 11) is 1.72. The van der Waals surface area contributed by atoms with Crippen molar-refractivity contribution >= 4 is 23.8 Å². The zero-order valence-electron chi connectivity index (χ0n) is 19.3. The predicted molar refractivity (Wildman–Crippen MR) is 137 cm³/mol. The van der Waals surface area contributed by atoms with E-state index in [1.165, 1.54) is 48.3 Å². The van der Waals surface area contributed by atoms with Crippen molar-refractivity contribution < 1.29 is 9.47 Å². The van der Waals surface area contributed by atoms with Crippen LogP contribution < -0.4 is 14.4 Å². The standard InChI is InChI=1S/C28H32N2O2.ClH/c1-31-25-16-14-22(15-17-25)8-6-18-29-19-7-10-24(29)20-30-26-11-3-2-9-23(26)21-32-28-13-5-4-12-27(28)30;/h2-5,9,11-17,24H,6-8,10,18-21H2,1H3;1H/t24-;/m1./s1. The molecule has 4 nitrogen and oxygen atoms in total. The van der Waals surface area contributed by atoms with Crippen LogP contribution in [0, 0.1) is 0 Å². The maximum Gasteiger partial charge on any atom is 0.143 e. The van der Waals surface area contributed by atoms with Crippen LogP contribution in [0.5, 0.6) is 11.5 Å². The van der Waals surface area contributed by atoms with Gasteiger partial charge in [-0.15, -0.1) is 12.4 Å². The van der Waals surface area contributed by atoms with E-state index in [0.29, 0.717) is 12.6 Å². The summed E-state index contributed by atoms with van der Waals surface area (Å²) in [6, 6.07) is 26.2. The first-order chi connectivity index (χ1) is 15.8. The van der Waals surface area contributed by atoms with E-state index in [1.54, 1.807) is 7.11 Å². The summed E-state index contributed by atoms with van der Waals surface area (Å²) in [5.41, 5.74) is 5.10. The van der Waals surface area contributed by atoms with Gasteiger partial charge in [-0.05, 0) is 74.7 Å².